The van der Waals surface area contributed by atoms with E-state index in [1.54, 1.807) is 6.92 Å². The van der Waals surface area contributed by atoms with Crippen LogP contribution in [0.15, 0.2) is 16.9 Å². The molecule has 0 atom stereocenters. The van der Waals surface area contributed by atoms with Crippen LogP contribution in [0.5, 0.6) is 0 Å². The molecule has 0 radical (unpaired) electrons. The molecule has 0 saturated heterocycles. The highest BCUT2D eigenvalue weighted by Crippen LogP contribution is 2.29. The minimum atomic E-state index is -4.29. The molecule has 0 aromatic carbocycles. The smallest absolute Gasteiger partial charge is 0.264 e. The van der Waals surface area contributed by atoms with E-state index in [4.69, 9.17) is 0 Å². The molecular weight excluding hydrogens is 169 g/mol. The summed E-state index contributed by atoms with van der Waals surface area (Å²) < 4.78 is 36.4. The normalized spacial score (nSPS) is 18.9. The van der Waals surface area contributed by atoms with Crippen LogP contribution in [0.25, 0.3) is 0 Å². The summed E-state index contributed by atoms with van der Waals surface area (Å²) in [6.45, 7) is 1.69. The van der Waals surface area contributed by atoms with Gasteiger partial charge in [0.05, 0.1) is 0 Å². The third-order valence-corrected chi connectivity index (χ3v) is 1.55. The Bertz CT molecular complexity index is 240. The van der Waals surface area contributed by atoms with Gasteiger partial charge in [-0.1, -0.05) is 0 Å². The lowest BCUT2D eigenvalue weighted by atomic mass is 10.2. The summed E-state index contributed by atoms with van der Waals surface area (Å²) in [5.41, 5.74) is -0.00130. The maximum absolute atomic E-state index is 12.1. The molecule has 0 aliphatic carbocycles. The van der Waals surface area contributed by atoms with Crippen LogP contribution in [0.2, 0.25) is 0 Å². The molecule has 1 aliphatic rings. The molecule has 1 aliphatic heterocycles. The van der Waals surface area contributed by atoms with Crippen molar-refractivity contribution in [2.75, 3.05) is 7.05 Å². The molecule has 5 heteroatoms. The summed E-state index contributed by atoms with van der Waals surface area (Å²) in [4.78, 5) is 0. The van der Waals surface area contributed by atoms with E-state index >= 15 is 0 Å². The Kier molecular flexibility index (Phi) is 2.12. The van der Waals surface area contributed by atoms with Crippen LogP contribution in [0.1, 0.15) is 13.3 Å². The SMILES string of the molecule is CC1=NN(C)C(C(F)(F)F)=CC1. The molecule has 1 heterocycles. The zero-order valence-electron chi connectivity index (χ0n) is 6.81. The van der Waals surface area contributed by atoms with Crippen molar-refractivity contribution in [1.82, 2.24) is 5.01 Å². The highest BCUT2D eigenvalue weighted by atomic mass is 19.4. The lowest BCUT2D eigenvalue weighted by Gasteiger charge is -2.23. The predicted octanol–water partition coefficient (Wildman–Crippen LogP) is 2.14. The van der Waals surface area contributed by atoms with Crippen molar-refractivity contribution in [1.29, 1.82) is 0 Å². The van der Waals surface area contributed by atoms with Gasteiger partial charge in [0.2, 0.25) is 0 Å². The van der Waals surface area contributed by atoms with Gasteiger partial charge in [-0.3, -0.25) is 5.01 Å². The predicted molar refractivity (Wildman–Crippen MR) is 39.6 cm³/mol. The van der Waals surface area contributed by atoms with Crippen LogP contribution in [0.3, 0.4) is 0 Å². The summed E-state index contributed by atoms with van der Waals surface area (Å²) >= 11 is 0. The fraction of sp³-hybridized carbons (Fsp3) is 0.571. The van der Waals surface area contributed by atoms with Gasteiger partial charge in [-0.05, 0) is 13.0 Å². The molecule has 1 rings (SSSR count). The van der Waals surface area contributed by atoms with Crippen molar-refractivity contribution in [3.8, 4) is 0 Å². The average Bonchev–Trinajstić information content (AvgIpc) is 1.83. The van der Waals surface area contributed by atoms with E-state index in [0.29, 0.717) is 5.71 Å². The maximum atomic E-state index is 12.1. The van der Waals surface area contributed by atoms with Crippen molar-refractivity contribution in [2.24, 2.45) is 5.10 Å². The summed E-state index contributed by atoms with van der Waals surface area (Å²) in [6.07, 6.45) is -2.87. The number of nitrogens with zero attached hydrogens (tertiary/aromatic N) is 2. The van der Waals surface area contributed by atoms with Crippen LogP contribution < -0.4 is 0 Å². The standard InChI is InChI=1S/C7H9F3N2/c1-5-3-4-6(7(8,9)10)12(2)11-5/h4H,3H2,1-2H3. The van der Waals surface area contributed by atoms with E-state index in [1.807, 2.05) is 0 Å². The Morgan fingerprint density at radius 3 is 2.50 bits per heavy atom. The Morgan fingerprint density at radius 1 is 1.50 bits per heavy atom. The van der Waals surface area contributed by atoms with Gasteiger partial charge in [0, 0.05) is 19.2 Å². The topological polar surface area (TPSA) is 15.6 Å². The van der Waals surface area contributed by atoms with Gasteiger partial charge in [-0.25, -0.2) is 0 Å². The van der Waals surface area contributed by atoms with Gasteiger partial charge in [0.1, 0.15) is 5.70 Å². The Morgan fingerprint density at radius 2 is 2.08 bits per heavy atom. The van der Waals surface area contributed by atoms with E-state index in [-0.39, 0.29) is 6.42 Å². The Labute approximate surface area is 68.4 Å². The molecule has 0 bridgehead atoms. The first kappa shape index (κ1) is 9.09. The number of rotatable bonds is 0. The van der Waals surface area contributed by atoms with Crippen LogP contribution in [-0.2, 0) is 0 Å². The first-order chi connectivity index (χ1) is 5.41. The van der Waals surface area contributed by atoms with Crippen LogP contribution >= 0.6 is 0 Å². The van der Waals surface area contributed by atoms with Crippen molar-refractivity contribution in [3.63, 3.8) is 0 Å². The molecular formula is C7H9F3N2. The monoisotopic (exact) mass is 178 g/mol. The highest BCUT2D eigenvalue weighted by Gasteiger charge is 2.37. The van der Waals surface area contributed by atoms with Gasteiger partial charge in [0.25, 0.3) is 0 Å². The fourth-order valence-electron chi connectivity index (χ4n) is 1.03. The van der Waals surface area contributed by atoms with Crippen molar-refractivity contribution >= 4 is 5.71 Å². The minimum absolute atomic E-state index is 0.277. The molecule has 12 heavy (non-hydrogen) atoms. The second-order valence-electron chi connectivity index (χ2n) is 2.65. The lowest BCUT2D eigenvalue weighted by Crippen LogP contribution is -2.28. The molecule has 0 unspecified atom stereocenters. The summed E-state index contributed by atoms with van der Waals surface area (Å²) in [5.74, 6) is 0. The zero-order chi connectivity index (χ0) is 9.35. The number of allylic oxidation sites excluding steroid dienone is 2. The number of hydrazone groups is 1. The van der Waals surface area contributed by atoms with Crippen LogP contribution in [-0.4, -0.2) is 23.9 Å². The van der Waals surface area contributed by atoms with E-state index in [1.165, 1.54) is 7.05 Å². The van der Waals surface area contributed by atoms with Gasteiger partial charge in [0.15, 0.2) is 0 Å². The van der Waals surface area contributed by atoms with E-state index in [9.17, 15) is 13.2 Å². The molecule has 2 nitrogen and oxygen atoms in total. The molecule has 0 saturated carbocycles. The molecule has 0 spiro atoms. The van der Waals surface area contributed by atoms with Gasteiger partial charge < -0.3 is 0 Å². The fourth-order valence-corrected chi connectivity index (χ4v) is 1.03. The number of halogens is 3. The molecule has 0 N–H and O–H groups in total. The van der Waals surface area contributed by atoms with Crippen LogP contribution in [0, 0.1) is 0 Å². The highest BCUT2D eigenvalue weighted by molar-refractivity contribution is 5.83. The number of hydrogen-bond acceptors (Lipinski definition) is 2. The number of hydrogen-bond donors (Lipinski definition) is 0. The van der Waals surface area contributed by atoms with Crippen LogP contribution in [0.4, 0.5) is 13.2 Å². The zero-order valence-corrected chi connectivity index (χ0v) is 6.81. The molecule has 0 amide bonds. The van der Waals surface area contributed by atoms with Gasteiger partial charge in [-0.2, -0.15) is 18.3 Å². The molecule has 0 aromatic rings. The molecule has 0 aromatic heterocycles. The largest absolute Gasteiger partial charge is 0.432 e. The quantitative estimate of drug-likeness (QED) is 0.554. The van der Waals surface area contributed by atoms with E-state index in [0.717, 1.165) is 11.1 Å². The average molecular weight is 178 g/mol. The maximum Gasteiger partial charge on any atom is 0.432 e. The lowest BCUT2D eigenvalue weighted by molar-refractivity contribution is -0.110. The third-order valence-electron chi connectivity index (χ3n) is 1.55. The second-order valence-corrected chi connectivity index (χ2v) is 2.65. The molecule has 0 fully saturated rings. The summed E-state index contributed by atoms with van der Waals surface area (Å²) in [7, 11) is 1.29. The number of alkyl halides is 3. The van der Waals surface area contributed by atoms with E-state index < -0.39 is 11.9 Å². The second kappa shape index (κ2) is 2.80. The van der Waals surface area contributed by atoms with Crippen molar-refractivity contribution in [2.45, 2.75) is 19.5 Å². The minimum Gasteiger partial charge on any atom is -0.264 e. The Hall–Kier alpha value is -1.00. The summed E-state index contributed by atoms with van der Waals surface area (Å²) in [5, 5.41) is 4.55. The Balaban J connectivity index is 2.83. The van der Waals surface area contributed by atoms with Crippen molar-refractivity contribution < 1.29 is 13.2 Å². The van der Waals surface area contributed by atoms with E-state index in [2.05, 4.69) is 5.10 Å². The van der Waals surface area contributed by atoms with Gasteiger partial charge in [-0.15, -0.1) is 0 Å². The first-order valence-corrected chi connectivity index (χ1v) is 3.46. The summed E-state index contributed by atoms with van der Waals surface area (Å²) in [6, 6.07) is 0. The van der Waals surface area contributed by atoms with Crippen molar-refractivity contribution in [3.05, 3.63) is 11.8 Å². The van der Waals surface area contributed by atoms with Gasteiger partial charge >= 0.3 is 6.18 Å². The third kappa shape index (κ3) is 1.78. The molecule has 68 valence electrons. The first-order valence-electron chi connectivity index (χ1n) is 3.46.